The number of ether oxygens (including phenoxy) is 1. The minimum Gasteiger partial charge on any atom is -0.497 e. The van der Waals surface area contributed by atoms with Crippen LogP contribution < -0.4 is 10.3 Å². The van der Waals surface area contributed by atoms with Gasteiger partial charge in [-0.25, -0.2) is 4.98 Å². The summed E-state index contributed by atoms with van der Waals surface area (Å²) in [7, 11) is 1.62. The second-order valence-electron chi connectivity index (χ2n) is 6.85. The van der Waals surface area contributed by atoms with Crippen LogP contribution in [-0.4, -0.2) is 27.9 Å². The molecule has 0 radical (unpaired) electrons. The number of rotatable bonds is 6. The second-order valence-corrected chi connectivity index (χ2v) is 6.85. The molecule has 0 spiro atoms. The third kappa shape index (κ3) is 3.84. The highest BCUT2D eigenvalue weighted by Crippen LogP contribution is 2.32. The largest absolute Gasteiger partial charge is 0.497 e. The zero-order valence-corrected chi connectivity index (χ0v) is 15.1. The molecule has 0 saturated heterocycles. The number of hydrogen-bond acceptors (Lipinski definition) is 4. The standard InChI is InChI=1S/C21H21N3O3/c1-27-16-10-6-14(7-11-16)12-24(21(26)15-8-9-15)13-19-22-18-5-3-2-4-17(18)20(25)23-19/h2-7,10-11,15H,8-9,12-13H2,1H3,(H,22,23,25). The highest BCUT2D eigenvalue weighted by molar-refractivity contribution is 5.81. The number of methoxy groups -OCH3 is 1. The van der Waals surface area contributed by atoms with Crippen LogP contribution in [0.1, 0.15) is 24.2 Å². The molecule has 6 nitrogen and oxygen atoms in total. The number of fused-ring (bicyclic) bond motifs is 1. The van der Waals surface area contributed by atoms with E-state index in [4.69, 9.17) is 4.74 Å². The molecule has 2 aromatic carbocycles. The molecule has 0 atom stereocenters. The average Bonchev–Trinajstić information content (AvgIpc) is 3.53. The lowest BCUT2D eigenvalue weighted by molar-refractivity contribution is -0.133. The van der Waals surface area contributed by atoms with Crippen molar-refractivity contribution in [3.63, 3.8) is 0 Å². The van der Waals surface area contributed by atoms with Gasteiger partial charge in [0.15, 0.2) is 0 Å². The Morgan fingerprint density at radius 1 is 1.15 bits per heavy atom. The molecule has 3 aromatic rings. The molecule has 1 aliphatic carbocycles. The van der Waals surface area contributed by atoms with Gasteiger partial charge in [-0.1, -0.05) is 24.3 Å². The molecule has 1 fully saturated rings. The van der Waals surface area contributed by atoms with Crippen molar-refractivity contribution in [2.75, 3.05) is 7.11 Å². The van der Waals surface area contributed by atoms with E-state index < -0.39 is 0 Å². The summed E-state index contributed by atoms with van der Waals surface area (Å²) in [6.45, 7) is 0.747. The highest BCUT2D eigenvalue weighted by atomic mass is 16.5. The van der Waals surface area contributed by atoms with E-state index in [0.29, 0.717) is 23.3 Å². The molecule has 1 aromatic heterocycles. The Balaban J connectivity index is 1.61. The number of amides is 1. The van der Waals surface area contributed by atoms with Gasteiger partial charge in [-0.05, 0) is 42.7 Å². The average molecular weight is 363 g/mol. The van der Waals surface area contributed by atoms with Crippen LogP contribution in [0, 0.1) is 5.92 Å². The van der Waals surface area contributed by atoms with Gasteiger partial charge in [0.05, 0.1) is 24.6 Å². The van der Waals surface area contributed by atoms with Crippen LogP contribution in [0.15, 0.2) is 53.3 Å². The molecule has 138 valence electrons. The van der Waals surface area contributed by atoms with Gasteiger partial charge in [0.2, 0.25) is 5.91 Å². The predicted molar refractivity (Wildman–Crippen MR) is 102 cm³/mol. The van der Waals surface area contributed by atoms with Crippen molar-refractivity contribution in [3.8, 4) is 5.75 Å². The number of carbonyl (C=O) groups is 1. The van der Waals surface area contributed by atoms with Gasteiger partial charge in [-0.3, -0.25) is 9.59 Å². The van der Waals surface area contributed by atoms with E-state index in [0.717, 1.165) is 24.2 Å². The van der Waals surface area contributed by atoms with Gasteiger partial charge >= 0.3 is 0 Å². The van der Waals surface area contributed by atoms with Crippen molar-refractivity contribution in [1.82, 2.24) is 14.9 Å². The van der Waals surface area contributed by atoms with Gasteiger partial charge in [-0.15, -0.1) is 0 Å². The lowest BCUT2D eigenvalue weighted by atomic mass is 10.2. The van der Waals surface area contributed by atoms with Crippen molar-refractivity contribution in [2.45, 2.75) is 25.9 Å². The lowest BCUT2D eigenvalue weighted by Crippen LogP contribution is -2.32. The van der Waals surface area contributed by atoms with Crippen molar-refractivity contribution < 1.29 is 9.53 Å². The van der Waals surface area contributed by atoms with Crippen LogP contribution in [-0.2, 0) is 17.9 Å². The number of para-hydroxylation sites is 1. The number of nitrogens with zero attached hydrogens (tertiary/aromatic N) is 2. The predicted octanol–water partition coefficient (Wildman–Crippen LogP) is 2.87. The van der Waals surface area contributed by atoms with Gasteiger partial charge < -0.3 is 14.6 Å². The Bertz CT molecular complexity index is 1020. The van der Waals surface area contributed by atoms with Crippen LogP contribution in [0.3, 0.4) is 0 Å². The summed E-state index contributed by atoms with van der Waals surface area (Å²) in [5.74, 6) is 1.48. The maximum absolute atomic E-state index is 12.8. The number of H-pyrrole nitrogens is 1. The van der Waals surface area contributed by atoms with E-state index in [1.54, 1.807) is 18.1 Å². The molecule has 1 heterocycles. The monoisotopic (exact) mass is 363 g/mol. The van der Waals surface area contributed by atoms with E-state index in [1.807, 2.05) is 42.5 Å². The Morgan fingerprint density at radius 3 is 2.59 bits per heavy atom. The fourth-order valence-corrected chi connectivity index (χ4v) is 3.14. The first-order chi connectivity index (χ1) is 13.1. The number of benzene rings is 2. The number of nitrogens with one attached hydrogen (secondary N) is 1. The molecule has 1 amide bonds. The van der Waals surface area contributed by atoms with Crippen molar-refractivity contribution >= 4 is 16.8 Å². The first-order valence-corrected chi connectivity index (χ1v) is 9.03. The fourth-order valence-electron chi connectivity index (χ4n) is 3.14. The third-order valence-electron chi connectivity index (χ3n) is 4.77. The zero-order valence-electron chi connectivity index (χ0n) is 15.1. The first-order valence-electron chi connectivity index (χ1n) is 9.03. The third-order valence-corrected chi connectivity index (χ3v) is 4.77. The van der Waals surface area contributed by atoms with Gasteiger partial charge in [-0.2, -0.15) is 0 Å². The number of hydrogen-bond donors (Lipinski definition) is 1. The van der Waals surface area contributed by atoms with Crippen LogP contribution in [0.5, 0.6) is 5.75 Å². The van der Waals surface area contributed by atoms with E-state index in [9.17, 15) is 9.59 Å². The SMILES string of the molecule is COc1ccc(CN(Cc2nc3ccccc3c(=O)[nH]2)C(=O)C2CC2)cc1. The zero-order chi connectivity index (χ0) is 18.8. The van der Waals surface area contributed by atoms with Crippen molar-refractivity contribution in [1.29, 1.82) is 0 Å². The second kappa shape index (κ2) is 7.23. The summed E-state index contributed by atoms with van der Waals surface area (Å²) in [4.78, 5) is 34.2. The molecule has 0 bridgehead atoms. The van der Waals surface area contributed by atoms with Gasteiger partial charge in [0, 0.05) is 12.5 Å². The quantitative estimate of drug-likeness (QED) is 0.731. The van der Waals surface area contributed by atoms with Crippen LogP contribution >= 0.6 is 0 Å². The summed E-state index contributed by atoms with van der Waals surface area (Å²) < 4.78 is 5.19. The summed E-state index contributed by atoms with van der Waals surface area (Å²) >= 11 is 0. The maximum atomic E-state index is 12.8. The number of carbonyl (C=O) groups excluding carboxylic acids is 1. The summed E-state index contributed by atoms with van der Waals surface area (Å²) in [5.41, 5.74) is 1.46. The molecule has 6 heteroatoms. The molecular weight excluding hydrogens is 342 g/mol. The number of aromatic amines is 1. The molecular formula is C21H21N3O3. The van der Waals surface area contributed by atoms with E-state index >= 15 is 0 Å². The maximum Gasteiger partial charge on any atom is 0.258 e. The van der Waals surface area contributed by atoms with E-state index in [-0.39, 0.29) is 23.9 Å². The Morgan fingerprint density at radius 2 is 1.89 bits per heavy atom. The molecule has 0 aliphatic heterocycles. The van der Waals surface area contributed by atoms with Crippen molar-refractivity contribution in [3.05, 3.63) is 70.3 Å². The van der Waals surface area contributed by atoms with Gasteiger partial charge in [0.25, 0.3) is 5.56 Å². The van der Waals surface area contributed by atoms with Crippen LogP contribution in [0.25, 0.3) is 10.9 Å². The van der Waals surface area contributed by atoms with Crippen molar-refractivity contribution in [2.24, 2.45) is 5.92 Å². The normalized spacial score (nSPS) is 13.5. The molecule has 27 heavy (non-hydrogen) atoms. The first kappa shape index (κ1) is 17.3. The van der Waals surface area contributed by atoms with Crippen LogP contribution in [0.4, 0.5) is 0 Å². The molecule has 1 N–H and O–H groups in total. The van der Waals surface area contributed by atoms with E-state index in [1.165, 1.54) is 0 Å². The molecule has 0 unspecified atom stereocenters. The minimum absolute atomic E-state index is 0.0930. The Kier molecular flexibility index (Phi) is 4.62. The minimum atomic E-state index is -0.182. The lowest BCUT2D eigenvalue weighted by Gasteiger charge is -2.22. The number of aromatic nitrogens is 2. The smallest absolute Gasteiger partial charge is 0.258 e. The summed E-state index contributed by atoms with van der Waals surface area (Å²) in [6, 6.07) is 14.9. The molecule has 4 rings (SSSR count). The Hall–Kier alpha value is -3.15. The molecule has 1 aliphatic rings. The molecule has 1 saturated carbocycles. The fraction of sp³-hybridized carbons (Fsp3) is 0.286. The van der Waals surface area contributed by atoms with Gasteiger partial charge in [0.1, 0.15) is 11.6 Å². The van der Waals surface area contributed by atoms with Crippen LogP contribution in [0.2, 0.25) is 0 Å². The summed E-state index contributed by atoms with van der Waals surface area (Å²) in [5, 5.41) is 0.552. The summed E-state index contributed by atoms with van der Waals surface area (Å²) in [6.07, 6.45) is 1.86. The Labute approximate surface area is 156 Å². The highest BCUT2D eigenvalue weighted by Gasteiger charge is 2.33. The van der Waals surface area contributed by atoms with E-state index in [2.05, 4.69) is 9.97 Å². The topological polar surface area (TPSA) is 75.3 Å².